The Kier molecular flexibility index (Phi) is 3.34. The summed E-state index contributed by atoms with van der Waals surface area (Å²) < 4.78 is 19.8. The number of benzene rings is 1. The molecule has 2 aliphatic rings. The highest BCUT2D eigenvalue weighted by molar-refractivity contribution is 5.96. The van der Waals surface area contributed by atoms with Crippen molar-refractivity contribution in [1.29, 1.82) is 0 Å². The lowest BCUT2D eigenvalue weighted by atomic mass is 9.83. The maximum Gasteiger partial charge on any atom is 0.337 e. The molecule has 0 fully saturated rings. The number of nitrogens with one attached hydrogen (secondary N) is 2. The maximum absolute atomic E-state index is 13.3. The average molecular weight is 343 g/mol. The number of anilines is 1. The van der Waals surface area contributed by atoms with E-state index in [0.717, 1.165) is 0 Å². The predicted octanol–water partition coefficient (Wildman–Crippen LogP) is 1.06. The first kappa shape index (κ1) is 15.4. The molecule has 0 radical (unpaired) electrons. The summed E-state index contributed by atoms with van der Waals surface area (Å²) in [6.45, 7) is 2.14. The highest BCUT2D eigenvalue weighted by atomic mass is 19.1. The highest BCUT2D eigenvalue weighted by Gasteiger charge is 2.41. The smallest absolute Gasteiger partial charge is 0.337 e. The Morgan fingerprint density at radius 2 is 1.96 bits per heavy atom. The molecule has 0 bridgehead atoms. The number of nitrogens with zero attached hydrogens (tertiary/aromatic N) is 1. The Hall–Kier alpha value is -3.16. The third-order valence-electron chi connectivity index (χ3n) is 4.49. The van der Waals surface area contributed by atoms with Crippen molar-refractivity contribution >= 4 is 11.8 Å². The van der Waals surface area contributed by atoms with Gasteiger partial charge in [0, 0.05) is 6.54 Å². The van der Waals surface area contributed by atoms with Crippen molar-refractivity contribution in [3.05, 3.63) is 73.3 Å². The van der Waals surface area contributed by atoms with Gasteiger partial charge in [0.1, 0.15) is 18.2 Å². The lowest BCUT2D eigenvalue weighted by molar-refractivity contribution is -0.136. The van der Waals surface area contributed by atoms with E-state index >= 15 is 0 Å². The first-order valence-electron chi connectivity index (χ1n) is 7.81. The number of hydrogen-bond donors (Lipinski definition) is 2. The van der Waals surface area contributed by atoms with Gasteiger partial charge < -0.3 is 10.1 Å². The molecular weight excluding hydrogens is 329 g/mol. The van der Waals surface area contributed by atoms with Crippen molar-refractivity contribution in [2.24, 2.45) is 0 Å². The van der Waals surface area contributed by atoms with Gasteiger partial charge in [-0.2, -0.15) is 0 Å². The Labute approximate surface area is 140 Å². The van der Waals surface area contributed by atoms with Crippen molar-refractivity contribution in [2.45, 2.75) is 19.4 Å². The van der Waals surface area contributed by atoms with E-state index in [-0.39, 0.29) is 12.2 Å². The van der Waals surface area contributed by atoms with Crippen LogP contribution in [-0.2, 0) is 16.1 Å². The fourth-order valence-electron chi connectivity index (χ4n) is 3.38. The minimum absolute atomic E-state index is 0.0377. The zero-order chi connectivity index (χ0) is 17.7. The predicted molar refractivity (Wildman–Crippen MR) is 86.8 cm³/mol. The third kappa shape index (κ3) is 2.21. The summed E-state index contributed by atoms with van der Waals surface area (Å²) >= 11 is 0. The second-order valence-corrected chi connectivity index (χ2v) is 5.84. The number of rotatable bonds is 2. The van der Waals surface area contributed by atoms with Crippen LogP contribution in [0.2, 0.25) is 0 Å². The Bertz CT molecular complexity index is 1030. The summed E-state index contributed by atoms with van der Waals surface area (Å²) in [5.41, 5.74) is 0.515. The standard InChI is InChI=1S/C17H14FN3O4/c1-2-21-14-13(15(22)20-17(21)24)11(8-3-5-9(18)6-4-8)12-10(19-14)7-25-16(12)23/h3-6,11,19H,2,7H2,1H3,(H,20,22,24)/t11-/m0/s1. The van der Waals surface area contributed by atoms with Gasteiger partial charge >= 0.3 is 11.7 Å². The lowest BCUT2D eigenvalue weighted by Crippen LogP contribution is -2.38. The molecule has 0 amide bonds. The van der Waals surface area contributed by atoms with Crippen LogP contribution in [0.5, 0.6) is 0 Å². The number of halogens is 1. The molecule has 7 nitrogen and oxygen atoms in total. The minimum atomic E-state index is -0.732. The molecule has 2 N–H and O–H groups in total. The van der Waals surface area contributed by atoms with Crippen LogP contribution < -0.4 is 16.6 Å². The van der Waals surface area contributed by atoms with E-state index in [1.165, 1.54) is 28.8 Å². The number of aromatic nitrogens is 2. The van der Waals surface area contributed by atoms with Crippen LogP contribution in [0.25, 0.3) is 0 Å². The molecule has 1 aromatic heterocycles. The quantitative estimate of drug-likeness (QED) is 0.796. The van der Waals surface area contributed by atoms with Crippen molar-refractivity contribution in [1.82, 2.24) is 9.55 Å². The normalized spacial score (nSPS) is 18.5. The summed E-state index contributed by atoms with van der Waals surface area (Å²) in [5.74, 6) is -1.35. The highest BCUT2D eigenvalue weighted by Crippen LogP contribution is 2.42. The third-order valence-corrected chi connectivity index (χ3v) is 4.49. The Balaban J connectivity index is 2.04. The molecule has 0 unspecified atom stereocenters. The molecule has 25 heavy (non-hydrogen) atoms. The number of fused-ring (bicyclic) bond motifs is 1. The van der Waals surface area contributed by atoms with Gasteiger partial charge in [-0.25, -0.2) is 14.0 Å². The van der Waals surface area contributed by atoms with E-state index in [1.54, 1.807) is 6.92 Å². The van der Waals surface area contributed by atoms with E-state index in [0.29, 0.717) is 29.2 Å². The number of esters is 1. The van der Waals surface area contributed by atoms with Gasteiger partial charge in [-0.3, -0.25) is 14.3 Å². The Morgan fingerprint density at radius 3 is 2.64 bits per heavy atom. The van der Waals surface area contributed by atoms with Crippen LogP contribution in [-0.4, -0.2) is 22.1 Å². The molecule has 2 aliphatic heterocycles. The van der Waals surface area contributed by atoms with Gasteiger partial charge in [-0.05, 0) is 24.6 Å². The zero-order valence-corrected chi connectivity index (χ0v) is 13.3. The van der Waals surface area contributed by atoms with Crippen LogP contribution in [0.15, 0.2) is 45.1 Å². The summed E-state index contributed by atoms with van der Waals surface area (Å²) in [5, 5.41) is 3.00. The van der Waals surface area contributed by atoms with Gasteiger partial charge in [0.25, 0.3) is 5.56 Å². The van der Waals surface area contributed by atoms with E-state index in [4.69, 9.17) is 4.74 Å². The van der Waals surface area contributed by atoms with Gasteiger partial charge in [0.15, 0.2) is 0 Å². The number of H-pyrrole nitrogens is 1. The fraction of sp³-hybridized carbons (Fsp3) is 0.235. The van der Waals surface area contributed by atoms with Gasteiger partial charge in [0.05, 0.1) is 22.8 Å². The number of carbonyl (C=O) groups is 1. The van der Waals surface area contributed by atoms with Crippen LogP contribution in [0.1, 0.15) is 24.0 Å². The molecule has 0 saturated carbocycles. The van der Waals surface area contributed by atoms with E-state index in [1.807, 2.05) is 0 Å². The summed E-state index contributed by atoms with van der Waals surface area (Å²) in [7, 11) is 0. The number of cyclic esters (lactones) is 1. The second-order valence-electron chi connectivity index (χ2n) is 5.84. The molecule has 1 atom stereocenters. The minimum Gasteiger partial charge on any atom is -0.456 e. The van der Waals surface area contributed by atoms with Crippen molar-refractivity contribution in [3.63, 3.8) is 0 Å². The van der Waals surface area contributed by atoms with Crippen LogP contribution in [0.3, 0.4) is 0 Å². The number of aromatic amines is 1. The summed E-state index contributed by atoms with van der Waals surface area (Å²) in [6, 6.07) is 5.57. The molecule has 1 aromatic carbocycles. The van der Waals surface area contributed by atoms with E-state index < -0.39 is 29.0 Å². The Morgan fingerprint density at radius 1 is 1.24 bits per heavy atom. The number of ether oxygens (including phenoxy) is 1. The zero-order valence-electron chi connectivity index (χ0n) is 13.3. The molecule has 8 heteroatoms. The lowest BCUT2D eigenvalue weighted by Gasteiger charge is -2.27. The van der Waals surface area contributed by atoms with Crippen LogP contribution in [0.4, 0.5) is 10.2 Å². The maximum atomic E-state index is 13.3. The molecule has 0 spiro atoms. The van der Waals surface area contributed by atoms with E-state index in [9.17, 15) is 18.8 Å². The molecule has 4 rings (SSSR count). The first-order valence-corrected chi connectivity index (χ1v) is 7.81. The average Bonchev–Trinajstić information content (AvgIpc) is 2.95. The molecule has 2 aromatic rings. The second kappa shape index (κ2) is 5.44. The monoisotopic (exact) mass is 343 g/mol. The van der Waals surface area contributed by atoms with Crippen molar-refractivity contribution in [3.8, 4) is 0 Å². The SMILES string of the molecule is CCn1c2c(c(=O)[nH]c1=O)[C@@H](c1ccc(F)cc1)C1=C(COC1=O)N2. The van der Waals surface area contributed by atoms with Gasteiger partial charge in [-0.15, -0.1) is 0 Å². The van der Waals surface area contributed by atoms with Gasteiger partial charge in [-0.1, -0.05) is 12.1 Å². The number of hydrogen-bond acceptors (Lipinski definition) is 5. The molecular formula is C17H14FN3O4. The topological polar surface area (TPSA) is 93.2 Å². The van der Waals surface area contributed by atoms with Gasteiger partial charge in [0.2, 0.25) is 0 Å². The molecule has 128 valence electrons. The van der Waals surface area contributed by atoms with Crippen molar-refractivity contribution in [2.75, 3.05) is 11.9 Å². The summed E-state index contributed by atoms with van der Waals surface area (Å²) in [6.07, 6.45) is 0. The molecule has 3 heterocycles. The van der Waals surface area contributed by atoms with Crippen LogP contribution >= 0.6 is 0 Å². The largest absolute Gasteiger partial charge is 0.456 e. The molecule has 0 aliphatic carbocycles. The fourth-order valence-corrected chi connectivity index (χ4v) is 3.38. The van der Waals surface area contributed by atoms with E-state index in [2.05, 4.69) is 10.3 Å². The molecule has 0 saturated heterocycles. The van der Waals surface area contributed by atoms with Crippen molar-refractivity contribution < 1.29 is 13.9 Å². The number of carbonyl (C=O) groups excluding carboxylic acids is 1. The van der Waals surface area contributed by atoms with Crippen LogP contribution in [0, 0.1) is 5.82 Å². The summed E-state index contributed by atoms with van der Waals surface area (Å²) in [4.78, 5) is 39.1. The first-order chi connectivity index (χ1) is 12.0.